The van der Waals surface area contributed by atoms with Gasteiger partial charge in [-0.15, -0.1) is 0 Å². The van der Waals surface area contributed by atoms with Crippen LogP contribution in [0.4, 0.5) is 5.69 Å². The van der Waals surface area contributed by atoms with E-state index in [0.29, 0.717) is 22.0 Å². The third-order valence-corrected chi connectivity index (χ3v) is 6.57. The quantitative estimate of drug-likeness (QED) is 0.333. The molecule has 0 saturated carbocycles. The van der Waals surface area contributed by atoms with Gasteiger partial charge >= 0.3 is 0 Å². The van der Waals surface area contributed by atoms with Crippen LogP contribution in [-0.4, -0.2) is 26.3 Å². The average molecular weight is 535 g/mol. The summed E-state index contributed by atoms with van der Waals surface area (Å²) in [6.45, 7) is 1.95. The normalized spacial score (nSPS) is 11.8. The van der Waals surface area contributed by atoms with E-state index in [2.05, 4.69) is 26.5 Å². The standard InChI is InChI=1S/C23H21BrClN3O3S/c1-16(18-5-9-20(24)10-6-18)26-27-23(29)19-7-13-22(14-8-19)28(32(2,30)31)15-17-3-11-21(25)12-4-17/h3-14H,15H2,1-2H3,(H,27,29)/b26-16-. The molecule has 6 nitrogen and oxygen atoms in total. The zero-order chi connectivity index (χ0) is 23.3. The Morgan fingerprint density at radius 2 is 1.53 bits per heavy atom. The van der Waals surface area contributed by atoms with E-state index >= 15 is 0 Å². The Balaban J connectivity index is 1.74. The number of halogens is 2. The first-order chi connectivity index (χ1) is 15.1. The highest BCUT2D eigenvalue weighted by Crippen LogP contribution is 2.22. The largest absolute Gasteiger partial charge is 0.271 e. The fourth-order valence-electron chi connectivity index (χ4n) is 2.89. The van der Waals surface area contributed by atoms with Crippen LogP contribution in [0.25, 0.3) is 0 Å². The van der Waals surface area contributed by atoms with E-state index in [1.165, 1.54) is 4.31 Å². The fourth-order valence-corrected chi connectivity index (χ4v) is 4.17. The van der Waals surface area contributed by atoms with Gasteiger partial charge in [0.15, 0.2) is 0 Å². The van der Waals surface area contributed by atoms with Crippen molar-refractivity contribution in [3.8, 4) is 0 Å². The van der Waals surface area contributed by atoms with Gasteiger partial charge in [-0.3, -0.25) is 9.10 Å². The van der Waals surface area contributed by atoms with Gasteiger partial charge in [-0.25, -0.2) is 13.8 Å². The summed E-state index contributed by atoms with van der Waals surface area (Å²) in [5.41, 5.74) is 5.68. The number of benzene rings is 3. The van der Waals surface area contributed by atoms with Crippen LogP contribution in [-0.2, 0) is 16.6 Å². The highest BCUT2D eigenvalue weighted by Gasteiger charge is 2.18. The van der Waals surface area contributed by atoms with Gasteiger partial charge in [-0.2, -0.15) is 5.10 Å². The van der Waals surface area contributed by atoms with Crippen LogP contribution < -0.4 is 9.73 Å². The summed E-state index contributed by atoms with van der Waals surface area (Å²) in [6, 6.07) is 20.9. The number of sulfonamides is 1. The zero-order valence-electron chi connectivity index (χ0n) is 17.4. The van der Waals surface area contributed by atoms with E-state index in [-0.39, 0.29) is 6.54 Å². The van der Waals surface area contributed by atoms with Crippen LogP contribution in [0, 0.1) is 0 Å². The second kappa shape index (κ2) is 10.3. The average Bonchev–Trinajstić information content (AvgIpc) is 2.76. The first-order valence-electron chi connectivity index (χ1n) is 9.56. The zero-order valence-corrected chi connectivity index (χ0v) is 20.6. The van der Waals surface area contributed by atoms with E-state index in [4.69, 9.17) is 11.6 Å². The molecule has 166 valence electrons. The summed E-state index contributed by atoms with van der Waals surface area (Å²) in [7, 11) is -3.54. The number of nitrogens with one attached hydrogen (secondary N) is 1. The van der Waals surface area contributed by atoms with Crippen LogP contribution >= 0.6 is 27.5 Å². The van der Waals surface area contributed by atoms with Gasteiger partial charge in [0.05, 0.1) is 24.2 Å². The maximum Gasteiger partial charge on any atom is 0.271 e. The number of carbonyl (C=O) groups is 1. The highest BCUT2D eigenvalue weighted by atomic mass is 79.9. The number of hydrogen-bond donors (Lipinski definition) is 1. The Morgan fingerprint density at radius 3 is 2.09 bits per heavy atom. The first kappa shape index (κ1) is 24.0. The van der Waals surface area contributed by atoms with Crippen molar-refractivity contribution in [2.24, 2.45) is 5.10 Å². The molecule has 0 unspecified atom stereocenters. The maximum absolute atomic E-state index is 12.5. The molecule has 1 N–H and O–H groups in total. The smallest absolute Gasteiger partial charge is 0.267 e. The molecule has 9 heteroatoms. The Morgan fingerprint density at radius 1 is 0.969 bits per heavy atom. The lowest BCUT2D eigenvalue weighted by atomic mass is 10.1. The summed E-state index contributed by atoms with van der Waals surface area (Å²) in [4.78, 5) is 12.5. The molecule has 0 radical (unpaired) electrons. The number of hydrazone groups is 1. The third kappa shape index (κ3) is 6.41. The Hall–Kier alpha value is -2.68. The van der Waals surface area contributed by atoms with Crippen molar-refractivity contribution in [1.29, 1.82) is 0 Å². The lowest BCUT2D eigenvalue weighted by Gasteiger charge is -2.22. The Labute approximate surface area is 201 Å². The minimum absolute atomic E-state index is 0.151. The molecule has 0 aliphatic carbocycles. The third-order valence-electron chi connectivity index (χ3n) is 4.64. The van der Waals surface area contributed by atoms with Gasteiger partial charge in [-0.05, 0) is 66.6 Å². The Bertz CT molecular complexity index is 1230. The van der Waals surface area contributed by atoms with Crippen molar-refractivity contribution in [2.45, 2.75) is 13.5 Å². The van der Waals surface area contributed by atoms with Gasteiger partial charge in [0.1, 0.15) is 0 Å². The summed E-state index contributed by atoms with van der Waals surface area (Å²) in [5, 5.41) is 4.72. The van der Waals surface area contributed by atoms with Crippen molar-refractivity contribution in [3.05, 3.63) is 99.0 Å². The van der Waals surface area contributed by atoms with E-state index in [0.717, 1.165) is 21.9 Å². The molecule has 0 aliphatic rings. The van der Waals surface area contributed by atoms with Crippen LogP contribution in [0.1, 0.15) is 28.4 Å². The monoisotopic (exact) mass is 533 g/mol. The minimum Gasteiger partial charge on any atom is -0.267 e. The van der Waals surface area contributed by atoms with Crippen molar-refractivity contribution in [1.82, 2.24) is 5.43 Å². The second-order valence-electron chi connectivity index (χ2n) is 7.09. The van der Waals surface area contributed by atoms with E-state index < -0.39 is 15.9 Å². The van der Waals surface area contributed by atoms with Crippen LogP contribution in [0.5, 0.6) is 0 Å². The molecule has 0 saturated heterocycles. The number of hydrogen-bond acceptors (Lipinski definition) is 4. The molecule has 0 heterocycles. The Kier molecular flexibility index (Phi) is 7.71. The molecular formula is C23H21BrClN3O3S. The van der Waals surface area contributed by atoms with Crippen molar-refractivity contribution < 1.29 is 13.2 Å². The van der Waals surface area contributed by atoms with Gasteiger partial charge in [0, 0.05) is 15.1 Å². The molecule has 0 aliphatic heterocycles. The van der Waals surface area contributed by atoms with E-state index in [9.17, 15) is 13.2 Å². The van der Waals surface area contributed by atoms with Crippen molar-refractivity contribution in [3.63, 3.8) is 0 Å². The predicted molar refractivity (Wildman–Crippen MR) is 133 cm³/mol. The molecule has 0 aromatic heterocycles. The number of carbonyl (C=O) groups excluding carboxylic acids is 1. The van der Waals surface area contributed by atoms with Gasteiger partial charge in [0.2, 0.25) is 10.0 Å². The molecule has 32 heavy (non-hydrogen) atoms. The van der Waals surface area contributed by atoms with E-state index in [1.54, 1.807) is 55.5 Å². The SMILES string of the molecule is C/C(=N/NC(=O)c1ccc(N(Cc2ccc(Cl)cc2)S(C)(=O)=O)cc1)c1ccc(Br)cc1. The number of anilines is 1. The lowest BCUT2D eigenvalue weighted by Crippen LogP contribution is -2.29. The van der Waals surface area contributed by atoms with Crippen LogP contribution in [0.2, 0.25) is 5.02 Å². The molecule has 0 atom stereocenters. The predicted octanol–water partition coefficient (Wildman–Crippen LogP) is 5.22. The van der Waals surface area contributed by atoms with Gasteiger partial charge < -0.3 is 0 Å². The summed E-state index contributed by atoms with van der Waals surface area (Å²) < 4.78 is 26.9. The summed E-state index contributed by atoms with van der Waals surface area (Å²) >= 11 is 9.29. The molecule has 0 bridgehead atoms. The first-order valence-corrected chi connectivity index (χ1v) is 12.6. The summed E-state index contributed by atoms with van der Waals surface area (Å²) in [6.07, 6.45) is 1.14. The fraction of sp³-hybridized carbons (Fsp3) is 0.130. The topological polar surface area (TPSA) is 78.8 Å². The van der Waals surface area contributed by atoms with Gasteiger partial charge in [0.25, 0.3) is 5.91 Å². The number of nitrogens with zero attached hydrogens (tertiary/aromatic N) is 2. The van der Waals surface area contributed by atoms with Crippen LogP contribution in [0.15, 0.2) is 82.4 Å². The molecule has 3 rings (SSSR count). The van der Waals surface area contributed by atoms with Crippen molar-refractivity contribution >= 4 is 54.9 Å². The van der Waals surface area contributed by atoms with Crippen molar-refractivity contribution in [2.75, 3.05) is 10.6 Å². The minimum atomic E-state index is -3.54. The lowest BCUT2D eigenvalue weighted by molar-refractivity contribution is 0.0955. The molecule has 0 fully saturated rings. The maximum atomic E-state index is 12.5. The molecule has 1 amide bonds. The second-order valence-corrected chi connectivity index (χ2v) is 10.3. The molecule has 3 aromatic rings. The molecule has 3 aromatic carbocycles. The summed E-state index contributed by atoms with van der Waals surface area (Å²) in [5.74, 6) is -0.392. The molecule has 0 spiro atoms. The molecular weight excluding hydrogens is 514 g/mol. The number of rotatable bonds is 7. The van der Waals surface area contributed by atoms with E-state index in [1.807, 2.05) is 24.3 Å². The number of amides is 1. The van der Waals surface area contributed by atoms with Gasteiger partial charge in [-0.1, -0.05) is 51.8 Å². The van der Waals surface area contributed by atoms with Crippen LogP contribution in [0.3, 0.4) is 0 Å². The highest BCUT2D eigenvalue weighted by molar-refractivity contribution is 9.10.